The largest absolute Gasteiger partial charge is 0.496 e. The van der Waals surface area contributed by atoms with E-state index in [0.717, 1.165) is 16.9 Å². The Hall–Kier alpha value is -1.81. The van der Waals surface area contributed by atoms with Gasteiger partial charge in [0.2, 0.25) is 0 Å². The average molecular weight is 204 g/mol. The van der Waals surface area contributed by atoms with E-state index in [-0.39, 0.29) is 0 Å². The van der Waals surface area contributed by atoms with E-state index in [0.29, 0.717) is 12.3 Å². The molecule has 0 amide bonds. The van der Waals surface area contributed by atoms with Crippen LogP contribution in [-0.2, 0) is 6.54 Å². The molecule has 4 heteroatoms. The molecular formula is C11H12N2O2. The fraction of sp³-hybridized carbons (Fsp3) is 0.182. The Kier molecular flexibility index (Phi) is 2.69. The molecule has 2 N–H and O–H groups in total. The summed E-state index contributed by atoms with van der Waals surface area (Å²) >= 11 is 0. The van der Waals surface area contributed by atoms with Crippen molar-refractivity contribution in [2.24, 2.45) is 5.73 Å². The lowest BCUT2D eigenvalue weighted by Crippen LogP contribution is -1.97. The SMILES string of the molecule is COc1cc(CN)ccc1-c1cnco1. The second-order valence-corrected chi connectivity index (χ2v) is 3.10. The first-order valence-corrected chi connectivity index (χ1v) is 4.61. The molecule has 2 aromatic rings. The quantitative estimate of drug-likeness (QED) is 0.828. The smallest absolute Gasteiger partial charge is 0.181 e. The number of methoxy groups -OCH3 is 1. The van der Waals surface area contributed by atoms with Crippen molar-refractivity contribution in [3.63, 3.8) is 0 Å². The van der Waals surface area contributed by atoms with Gasteiger partial charge in [0.15, 0.2) is 12.2 Å². The zero-order valence-corrected chi connectivity index (χ0v) is 8.43. The topological polar surface area (TPSA) is 61.3 Å². The summed E-state index contributed by atoms with van der Waals surface area (Å²) in [6.45, 7) is 0.493. The number of nitrogens with two attached hydrogens (primary N) is 1. The molecular weight excluding hydrogens is 192 g/mol. The van der Waals surface area contributed by atoms with Gasteiger partial charge < -0.3 is 14.9 Å². The maximum absolute atomic E-state index is 5.55. The van der Waals surface area contributed by atoms with E-state index in [1.54, 1.807) is 13.3 Å². The van der Waals surface area contributed by atoms with Gasteiger partial charge in [0.1, 0.15) is 5.75 Å². The lowest BCUT2D eigenvalue weighted by atomic mass is 10.1. The van der Waals surface area contributed by atoms with Gasteiger partial charge in [-0.1, -0.05) is 6.07 Å². The minimum absolute atomic E-state index is 0.493. The van der Waals surface area contributed by atoms with Gasteiger partial charge in [-0.15, -0.1) is 0 Å². The molecule has 0 fully saturated rings. The zero-order chi connectivity index (χ0) is 10.7. The first-order chi connectivity index (χ1) is 7.35. The van der Waals surface area contributed by atoms with Crippen molar-refractivity contribution in [2.45, 2.75) is 6.54 Å². The Morgan fingerprint density at radius 3 is 2.93 bits per heavy atom. The molecule has 0 radical (unpaired) electrons. The first kappa shape index (κ1) is 9.73. The van der Waals surface area contributed by atoms with E-state index >= 15 is 0 Å². The molecule has 0 aliphatic rings. The van der Waals surface area contributed by atoms with Crippen LogP contribution in [0.25, 0.3) is 11.3 Å². The molecule has 0 spiro atoms. The molecule has 4 nitrogen and oxygen atoms in total. The Labute approximate surface area is 87.7 Å². The summed E-state index contributed by atoms with van der Waals surface area (Å²) in [5, 5.41) is 0. The highest BCUT2D eigenvalue weighted by molar-refractivity contribution is 5.65. The number of hydrogen-bond acceptors (Lipinski definition) is 4. The van der Waals surface area contributed by atoms with Crippen LogP contribution >= 0.6 is 0 Å². The van der Waals surface area contributed by atoms with Crippen LogP contribution < -0.4 is 10.5 Å². The van der Waals surface area contributed by atoms with Gasteiger partial charge in [0.05, 0.1) is 18.9 Å². The van der Waals surface area contributed by atoms with Crippen LogP contribution in [0.5, 0.6) is 5.75 Å². The minimum Gasteiger partial charge on any atom is -0.496 e. The van der Waals surface area contributed by atoms with Gasteiger partial charge in [-0.2, -0.15) is 0 Å². The number of nitrogens with zero attached hydrogens (tertiary/aromatic N) is 1. The Morgan fingerprint density at radius 2 is 2.33 bits per heavy atom. The van der Waals surface area contributed by atoms with Crippen LogP contribution in [-0.4, -0.2) is 12.1 Å². The number of aromatic nitrogens is 1. The van der Waals surface area contributed by atoms with Crippen molar-refractivity contribution in [1.29, 1.82) is 0 Å². The zero-order valence-electron chi connectivity index (χ0n) is 8.43. The number of hydrogen-bond donors (Lipinski definition) is 1. The van der Waals surface area contributed by atoms with Crippen LogP contribution in [0.4, 0.5) is 0 Å². The summed E-state index contributed by atoms with van der Waals surface area (Å²) in [7, 11) is 1.62. The molecule has 15 heavy (non-hydrogen) atoms. The molecule has 0 atom stereocenters. The molecule has 1 aromatic heterocycles. The van der Waals surface area contributed by atoms with Crippen LogP contribution in [0.15, 0.2) is 35.2 Å². The van der Waals surface area contributed by atoms with E-state index in [4.69, 9.17) is 14.9 Å². The highest BCUT2D eigenvalue weighted by Crippen LogP contribution is 2.30. The fourth-order valence-electron chi connectivity index (χ4n) is 1.41. The normalized spacial score (nSPS) is 10.3. The molecule has 1 aromatic carbocycles. The van der Waals surface area contributed by atoms with Gasteiger partial charge in [0.25, 0.3) is 0 Å². The van der Waals surface area contributed by atoms with E-state index < -0.39 is 0 Å². The molecule has 2 rings (SSSR count). The number of benzene rings is 1. The summed E-state index contributed by atoms with van der Waals surface area (Å²) in [6.07, 6.45) is 3.05. The lowest BCUT2D eigenvalue weighted by molar-refractivity contribution is 0.414. The summed E-state index contributed by atoms with van der Waals surface area (Å²) in [6, 6.07) is 5.76. The molecule has 0 aliphatic carbocycles. The molecule has 0 unspecified atom stereocenters. The van der Waals surface area contributed by atoms with Crippen molar-refractivity contribution >= 4 is 0 Å². The van der Waals surface area contributed by atoms with Gasteiger partial charge >= 0.3 is 0 Å². The van der Waals surface area contributed by atoms with Crippen molar-refractivity contribution in [3.8, 4) is 17.1 Å². The van der Waals surface area contributed by atoms with E-state index in [9.17, 15) is 0 Å². The van der Waals surface area contributed by atoms with Gasteiger partial charge in [-0.05, 0) is 17.7 Å². The number of rotatable bonds is 3. The molecule has 78 valence electrons. The Bertz CT molecular complexity index is 438. The van der Waals surface area contributed by atoms with Crippen LogP contribution in [0.3, 0.4) is 0 Å². The van der Waals surface area contributed by atoms with Crippen molar-refractivity contribution in [1.82, 2.24) is 4.98 Å². The Balaban J connectivity index is 2.48. The molecule has 1 heterocycles. The van der Waals surface area contributed by atoms with Gasteiger partial charge in [0, 0.05) is 6.54 Å². The van der Waals surface area contributed by atoms with Crippen LogP contribution in [0.2, 0.25) is 0 Å². The number of ether oxygens (including phenoxy) is 1. The maximum Gasteiger partial charge on any atom is 0.181 e. The Morgan fingerprint density at radius 1 is 1.47 bits per heavy atom. The third-order valence-electron chi connectivity index (χ3n) is 2.20. The monoisotopic (exact) mass is 204 g/mol. The lowest BCUT2D eigenvalue weighted by Gasteiger charge is -2.07. The first-order valence-electron chi connectivity index (χ1n) is 4.61. The molecule has 0 aliphatic heterocycles. The third kappa shape index (κ3) is 1.85. The average Bonchev–Trinajstić information content (AvgIpc) is 2.81. The predicted molar refractivity (Wildman–Crippen MR) is 56.4 cm³/mol. The van der Waals surface area contributed by atoms with Gasteiger partial charge in [-0.25, -0.2) is 4.98 Å². The van der Waals surface area contributed by atoms with E-state index in [1.807, 2.05) is 18.2 Å². The molecule has 0 saturated carbocycles. The van der Waals surface area contributed by atoms with Crippen LogP contribution in [0, 0.1) is 0 Å². The summed E-state index contributed by atoms with van der Waals surface area (Å²) < 4.78 is 10.5. The van der Waals surface area contributed by atoms with E-state index in [1.165, 1.54) is 6.39 Å². The van der Waals surface area contributed by atoms with Gasteiger partial charge in [-0.3, -0.25) is 0 Å². The van der Waals surface area contributed by atoms with Crippen molar-refractivity contribution in [3.05, 3.63) is 36.4 Å². The number of oxazole rings is 1. The fourth-order valence-corrected chi connectivity index (χ4v) is 1.41. The predicted octanol–water partition coefficient (Wildman–Crippen LogP) is 1.81. The summed E-state index contributed by atoms with van der Waals surface area (Å²) in [4.78, 5) is 3.87. The summed E-state index contributed by atoms with van der Waals surface area (Å²) in [5.74, 6) is 1.44. The third-order valence-corrected chi connectivity index (χ3v) is 2.20. The van der Waals surface area contributed by atoms with Crippen molar-refractivity contribution in [2.75, 3.05) is 7.11 Å². The maximum atomic E-state index is 5.55. The molecule has 0 bridgehead atoms. The minimum atomic E-state index is 0.493. The standard InChI is InChI=1S/C11H12N2O2/c1-14-10-4-8(5-12)2-3-9(10)11-6-13-7-15-11/h2-4,6-7H,5,12H2,1H3. The highest BCUT2D eigenvalue weighted by atomic mass is 16.5. The van der Waals surface area contributed by atoms with Crippen LogP contribution in [0.1, 0.15) is 5.56 Å². The van der Waals surface area contributed by atoms with E-state index in [2.05, 4.69) is 4.98 Å². The second-order valence-electron chi connectivity index (χ2n) is 3.10. The second kappa shape index (κ2) is 4.14. The summed E-state index contributed by atoms with van der Waals surface area (Å²) in [5.41, 5.74) is 7.46. The van der Waals surface area contributed by atoms with Crippen molar-refractivity contribution < 1.29 is 9.15 Å². The highest BCUT2D eigenvalue weighted by Gasteiger charge is 2.08. The molecule has 0 saturated heterocycles.